The van der Waals surface area contributed by atoms with Gasteiger partial charge in [-0.3, -0.25) is 4.79 Å². The normalized spacial score (nSPS) is 22.2. The van der Waals surface area contributed by atoms with Gasteiger partial charge in [0, 0.05) is 12.6 Å². The molecule has 2 unspecified atom stereocenters. The van der Waals surface area contributed by atoms with Crippen molar-refractivity contribution < 1.29 is 14.3 Å². The van der Waals surface area contributed by atoms with Crippen LogP contribution < -0.4 is 15.8 Å². The van der Waals surface area contributed by atoms with Crippen molar-refractivity contribution in [2.24, 2.45) is 11.7 Å². The van der Waals surface area contributed by atoms with Crippen LogP contribution >= 0.6 is 0 Å². The molecule has 1 heterocycles. The molecule has 0 spiro atoms. The first-order valence-corrected chi connectivity index (χ1v) is 6.44. The van der Waals surface area contributed by atoms with Gasteiger partial charge in [0.15, 0.2) is 0 Å². The highest BCUT2D eigenvalue weighted by Gasteiger charge is 2.30. The summed E-state index contributed by atoms with van der Waals surface area (Å²) < 4.78 is 10.3. The molecule has 1 aromatic rings. The minimum absolute atomic E-state index is 0.0205. The summed E-state index contributed by atoms with van der Waals surface area (Å²) in [5.74, 6) is 0.591. The van der Waals surface area contributed by atoms with Crippen molar-refractivity contribution in [1.29, 1.82) is 0 Å². The van der Waals surface area contributed by atoms with Gasteiger partial charge >= 0.3 is 0 Å². The average Bonchev–Trinajstić information content (AvgIpc) is 2.85. The Bertz CT molecular complexity index is 436. The number of benzene rings is 1. The van der Waals surface area contributed by atoms with Gasteiger partial charge in [-0.15, -0.1) is 0 Å². The Balaban J connectivity index is 1.78. The molecular formula is C14H20N2O3. The standard InChI is InChI=1S/C14H20N2O3/c1-18-11-4-2-3-10(7-11)5-6-16-14(17)12-8-19-9-13(12)15/h2-4,7,12-13H,5-6,8-9,15H2,1H3,(H,16,17). The Labute approximate surface area is 113 Å². The van der Waals surface area contributed by atoms with Crippen LogP contribution in [0.5, 0.6) is 5.75 Å². The quantitative estimate of drug-likeness (QED) is 0.803. The van der Waals surface area contributed by atoms with E-state index in [0.717, 1.165) is 17.7 Å². The summed E-state index contributed by atoms with van der Waals surface area (Å²) in [6.07, 6.45) is 0.770. The zero-order chi connectivity index (χ0) is 13.7. The third-order valence-corrected chi connectivity index (χ3v) is 3.31. The molecule has 0 aromatic heterocycles. The van der Waals surface area contributed by atoms with E-state index in [1.54, 1.807) is 7.11 Å². The number of hydrogen-bond donors (Lipinski definition) is 2. The SMILES string of the molecule is COc1cccc(CCNC(=O)C2COCC2N)c1. The van der Waals surface area contributed by atoms with E-state index in [9.17, 15) is 4.79 Å². The van der Waals surface area contributed by atoms with Gasteiger partial charge in [-0.25, -0.2) is 0 Å². The number of hydrogen-bond acceptors (Lipinski definition) is 4. The van der Waals surface area contributed by atoms with Crippen LogP contribution in [0.1, 0.15) is 5.56 Å². The maximum absolute atomic E-state index is 11.9. The molecule has 0 radical (unpaired) electrons. The first kappa shape index (κ1) is 13.8. The number of ether oxygens (including phenoxy) is 2. The molecule has 1 fully saturated rings. The fourth-order valence-electron chi connectivity index (χ4n) is 2.13. The van der Waals surface area contributed by atoms with E-state index in [1.165, 1.54) is 0 Å². The van der Waals surface area contributed by atoms with Gasteiger partial charge in [-0.05, 0) is 24.1 Å². The number of methoxy groups -OCH3 is 1. The Hall–Kier alpha value is -1.59. The first-order valence-electron chi connectivity index (χ1n) is 6.44. The summed E-state index contributed by atoms with van der Waals surface area (Å²) in [6, 6.07) is 7.64. The van der Waals surface area contributed by atoms with Crippen LogP contribution in [0.15, 0.2) is 24.3 Å². The summed E-state index contributed by atoms with van der Waals surface area (Å²) in [4.78, 5) is 11.9. The molecule has 1 aromatic carbocycles. The number of nitrogens with one attached hydrogen (secondary N) is 1. The number of amides is 1. The van der Waals surface area contributed by atoms with Crippen LogP contribution in [0.25, 0.3) is 0 Å². The molecule has 1 aliphatic heterocycles. The molecule has 5 heteroatoms. The lowest BCUT2D eigenvalue weighted by atomic mass is 10.0. The molecule has 1 saturated heterocycles. The van der Waals surface area contributed by atoms with Gasteiger partial charge in [-0.2, -0.15) is 0 Å². The summed E-state index contributed by atoms with van der Waals surface area (Å²) in [5.41, 5.74) is 6.93. The van der Waals surface area contributed by atoms with Gasteiger partial charge in [-0.1, -0.05) is 12.1 Å². The predicted octanol–water partition coefficient (Wildman–Crippen LogP) is 0.328. The van der Waals surface area contributed by atoms with Crippen molar-refractivity contribution in [3.8, 4) is 5.75 Å². The zero-order valence-electron chi connectivity index (χ0n) is 11.1. The van der Waals surface area contributed by atoms with E-state index in [2.05, 4.69) is 5.32 Å². The van der Waals surface area contributed by atoms with Crippen molar-refractivity contribution >= 4 is 5.91 Å². The second kappa shape index (κ2) is 6.54. The first-order chi connectivity index (χ1) is 9.20. The average molecular weight is 264 g/mol. The second-order valence-corrected chi connectivity index (χ2v) is 4.70. The summed E-state index contributed by atoms with van der Waals surface area (Å²) >= 11 is 0. The van der Waals surface area contributed by atoms with Gasteiger partial charge in [0.2, 0.25) is 5.91 Å². The van der Waals surface area contributed by atoms with E-state index in [0.29, 0.717) is 19.8 Å². The second-order valence-electron chi connectivity index (χ2n) is 4.70. The Morgan fingerprint density at radius 1 is 1.53 bits per heavy atom. The van der Waals surface area contributed by atoms with E-state index in [4.69, 9.17) is 15.2 Å². The Kier molecular flexibility index (Phi) is 4.76. The lowest BCUT2D eigenvalue weighted by Crippen LogP contribution is -2.41. The molecule has 2 rings (SSSR count). The van der Waals surface area contributed by atoms with Gasteiger partial charge < -0.3 is 20.5 Å². The van der Waals surface area contributed by atoms with E-state index < -0.39 is 0 Å². The van der Waals surface area contributed by atoms with Crippen molar-refractivity contribution in [1.82, 2.24) is 5.32 Å². The molecule has 104 valence electrons. The van der Waals surface area contributed by atoms with Crippen molar-refractivity contribution in [2.75, 3.05) is 26.9 Å². The fraction of sp³-hybridized carbons (Fsp3) is 0.500. The Morgan fingerprint density at radius 3 is 3.05 bits per heavy atom. The van der Waals surface area contributed by atoms with Gasteiger partial charge in [0.05, 0.1) is 26.2 Å². The van der Waals surface area contributed by atoms with Crippen LogP contribution in [0.4, 0.5) is 0 Å². The summed E-state index contributed by atoms with van der Waals surface area (Å²) in [5, 5.41) is 2.90. The Morgan fingerprint density at radius 2 is 2.37 bits per heavy atom. The number of carbonyl (C=O) groups excluding carboxylic acids is 1. The van der Waals surface area contributed by atoms with Crippen LogP contribution in [0.2, 0.25) is 0 Å². The molecule has 3 N–H and O–H groups in total. The smallest absolute Gasteiger partial charge is 0.227 e. The minimum atomic E-state index is -0.217. The lowest BCUT2D eigenvalue weighted by Gasteiger charge is -2.13. The topological polar surface area (TPSA) is 73.6 Å². The lowest BCUT2D eigenvalue weighted by molar-refractivity contribution is -0.125. The van der Waals surface area contributed by atoms with Crippen LogP contribution in [-0.2, 0) is 16.0 Å². The molecule has 0 saturated carbocycles. The third kappa shape index (κ3) is 3.68. The van der Waals surface area contributed by atoms with Crippen molar-refractivity contribution in [3.63, 3.8) is 0 Å². The molecule has 0 bridgehead atoms. The van der Waals surface area contributed by atoms with E-state index >= 15 is 0 Å². The third-order valence-electron chi connectivity index (χ3n) is 3.31. The van der Waals surface area contributed by atoms with Crippen molar-refractivity contribution in [3.05, 3.63) is 29.8 Å². The molecule has 19 heavy (non-hydrogen) atoms. The molecule has 1 aliphatic rings. The molecule has 1 amide bonds. The predicted molar refractivity (Wildman–Crippen MR) is 72.0 cm³/mol. The highest BCUT2D eigenvalue weighted by Crippen LogP contribution is 2.13. The largest absolute Gasteiger partial charge is 0.497 e. The molecular weight excluding hydrogens is 244 g/mol. The molecule has 2 atom stereocenters. The highest BCUT2D eigenvalue weighted by molar-refractivity contribution is 5.79. The maximum Gasteiger partial charge on any atom is 0.227 e. The highest BCUT2D eigenvalue weighted by atomic mass is 16.5. The number of rotatable bonds is 5. The summed E-state index contributed by atoms with van der Waals surface area (Å²) in [6.45, 7) is 1.48. The number of nitrogens with two attached hydrogens (primary N) is 1. The van der Waals surface area contributed by atoms with Crippen LogP contribution in [0, 0.1) is 5.92 Å². The minimum Gasteiger partial charge on any atom is -0.497 e. The van der Waals surface area contributed by atoms with Crippen LogP contribution in [0.3, 0.4) is 0 Å². The zero-order valence-corrected chi connectivity index (χ0v) is 11.1. The fourth-order valence-corrected chi connectivity index (χ4v) is 2.13. The van der Waals surface area contributed by atoms with Gasteiger partial charge in [0.1, 0.15) is 5.75 Å². The van der Waals surface area contributed by atoms with E-state index in [1.807, 2.05) is 24.3 Å². The van der Waals surface area contributed by atoms with Gasteiger partial charge in [0.25, 0.3) is 0 Å². The number of carbonyl (C=O) groups is 1. The summed E-state index contributed by atoms with van der Waals surface area (Å²) in [7, 11) is 1.64. The van der Waals surface area contributed by atoms with E-state index in [-0.39, 0.29) is 17.9 Å². The molecule has 0 aliphatic carbocycles. The van der Waals surface area contributed by atoms with Crippen LogP contribution in [-0.4, -0.2) is 38.8 Å². The van der Waals surface area contributed by atoms with Crippen molar-refractivity contribution in [2.45, 2.75) is 12.5 Å². The molecule has 5 nitrogen and oxygen atoms in total. The maximum atomic E-state index is 11.9. The monoisotopic (exact) mass is 264 g/mol.